The van der Waals surface area contributed by atoms with Crippen molar-refractivity contribution in [3.63, 3.8) is 0 Å². The maximum absolute atomic E-state index is 9.93. The Morgan fingerprint density at radius 1 is 1.45 bits per heavy atom. The van der Waals surface area contributed by atoms with Crippen molar-refractivity contribution in [1.82, 2.24) is 4.98 Å². The van der Waals surface area contributed by atoms with Gasteiger partial charge >= 0.3 is 0 Å². The minimum absolute atomic E-state index is 0.233. The van der Waals surface area contributed by atoms with E-state index in [1.54, 1.807) is 29.7 Å². The van der Waals surface area contributed by atoms with E-state index >= 15 is 0 Å². The van der Waals surface area contributed by atoms with Gasteiger partial charge in [0.15, 0.2) is 0 Å². The Balaban J connectivity index is 2.50. The summed E-state index contributed by atoms with van der Waals surface area (Å²) in [5.41, 5.74) is 3.93. The van der Waals surface area contributed by atoms with Crippen LogP contribution in [0.3, 0.4) is 0 Å². The molecule has 1 unspecified atom stereocenters. The van der Waals surface area contributed by atoms with Crippen LogP contribution >= 0.6 is 11.3 Å². The lowest BCUT2D eigenvalue weighted by Crippen LogP contribution is -2.04. The highest BCUT2D eigenvalue weighted by atomic mass is 32.1. The van der Waals surface area contributed by atoms with Gasteiger partial charge in [0.1, 0.15) is 10.8 Å². The molecule has 4 heteroatoms. The molecule has 0 aliphatic heterocycles. The van der Waals surface area contributed by atoms with Crippen LogP contribution in [-0.2, 0) is 0 Å². The van der Waals surface area contributed by atoms with E-state index in [0.717, 1.165) is 34.0 Å². The summed E-state index contributed by atoms with van der Waals surface area (Å²) in [4.78, 5) is 9.01. The topological polar surface area (TPSA) is 45.5 Å². The molecule has 1 atom stereocenters. The van der Waals surface area contributed by atoms with Crippen molar-refractivity contribution in [2.75, 3.05) is 0 Å². The molecule has 0 fully saturated rings. The number of hydrogen-bond acceptors (Lipinski definition) is 4. The molecular weight excluding hydrogens is 268 g/mol. The van der Waals surface area contributed by atoms with Crippen LogP contribution in [0.4, 0.5) is 5.69 Å². The SMILES string of the molecule is CCC(C)C(C)=Nc1cc(O)cc(-c2nccs2)c1C. The van der Waals surface area contributed by atoms with Gasteiger partial charge in [-0.1, -0.05) is 13.8 Å². The van der Waals surface area contributed by atoms with Gasteiger partial charge in [0.25, 0.3) is 0 Å². The Morgan fingerprint density at radius 2 is 2.20 bits per heavy atom. The number of aromatic hydroxyl groups is 1. The van der Waals surface area contributed by atoms with Crippen molar-refractivity contribution in [2.24, 2.45) is 10.9 Å². The van der Waals surface area contributed by atoms with Crippen molar-refractivity contribution < 1.29 is 5.11 Å². The molecule has 0 amide bonds. The standard InChI is InChI=1S/C16H20N2OS/c1-5-10(2)12(4)18-15-9-13(19)8-14(11(15)3)16-17-6-7-20-16/h6-10,19H,5H2,1-4H3. The van der Waals surface area contributed by atoms with Crippen LogP contribution in [0.5, 0.6) is 5.75 Å². The molecule has 0 spiro atoms. The molecule has 0 bridgehead atoms. The predicted molar refractivity (Wildman–Crippen MR) is 86.2 cm³/mol. The Bertz CT molecular complexity index is 618. The normalized spacial score (nSPS) is 13.5. The van der Waals surface area contributed by atoms with Crippen molar-refractivity contribution >= 4 is 22.7 Å². The molecule has 0 saturated carbocycles. The van der Waals surface area contributed by atoms with Crippen LogP contribution in [0.2, 0.25) is 0 Å². The molecule has 2 rings (SSSR count). The van der Waals surface area contributed by atoms with Crippen LogP contribution in [0.1, 0.15) is 32.8 Å². The predicted octanol–water partition coefficient (Wildman–Crippen LogP) is 4.96. The van der Waals surface area contributed by atoms with E-state index in [-0.39, 0.29) is 5.75 Å². The smallest absolute Gasteiger partial charge is 0.123 e. The zero-order valence-electron chi connectivity index (χ0n) is 12.3. The zero-order valence-corrected chi connectivity index (χ0v) is 13.2. The van der Waals surface area contributed by atoms with Crippen LogP contribution < -0.4 is 0 Å². The molecule has 0 aliphatic carbocycles. The Kier molecular flexibility index (Phi) is 4.55. The first-order valence-electron chi connectivity index (χ1n) is 6.81. The highest BCUT2D eigenvalue weighted by Crippen LogP contribution is 2.35. The monoisotopic (exact) mass is 288 g/mol. The van der Waals surface area contributed by atoms with Gasteiger partial charge in [-0.15, -0.1) is 11.3 Å². The molecule has 0 saturated heterocycles. The average molecular weight is 288 g/mol. The summed E-state index contributed by atoms with van der Waals surface area (Å²) in [5, 5.41) is 12.8. The van der Waals surface area contributed by atoms with E-state index in [9.17, 15) is 5.11 Å². The minimum atomic E-state index is 0.233. The molecule has 1 aromatic carbocycles. The largest absolute Gasteiger partial charge is 0.508 e. The summed E-state index contributed by atoms with van der Waals surface area (Å²) in [7, 11) is 0. The van der Waals surface area contributed by atoms with E-state index in [1.165, 1.54) is 0 Å². The molecule has 0 radical (unpaired) electrons. The molecule has 3 nitrogen and oxygen atoms in total. The number of aliphatic imine (C=N–C) groups is 1. The molecule has 2 aromatic rings. The highest BCUT2D eigenvalue weighted by Gasteiger charge is 2.12. The van der Waals surface area contributed by atoms with Gasteiger partial charge in [0.05, 0.1) is 5.69 Å². The molecule has 1 N–H and O–H groups in total. The number of nitrogens with zero attached hydrogens (tertiary/aromatic N) is 2. The van der Waals surface area contributed by atoms with Crippen molar-refractivity contribution in [1.29, 1.82) is 0 Å². The van der Waals surface area contributed by atoms with Crippen LogP contribution in [-0.4, -0.2) is 15.8 Å². The van der Waals surface area contributed by atoms with Crippen molar-refractivity contribution in [2.45, 2.75) is 34.1 Å². The van der Waals surface area contributed by atoms with Crippen LogP contribution in [0.25, 0.3) is 10.6 Å². The summed E-state index contributed by atoms with van der Waals surface area (Å²) < 4.78 is 0. The van der Waals surface area contributed by atoms with Gasteiger partial charge in [0.2, 0.25) is 0 Å². The summed E-state index contributed by atoms with van der Waals surface area (Å²) in [5.74, 6) is 0.677. The molecule has 1 heterocycles. The Morgan fingerprint density at radius 3 is 2.80 bits per heavy atom. The molecular formula is C16H20N2OS. The minimum Gasteiger partial charge on any atom is -0.508 e. The van der Waals surface area contributed by atoms with Crippen LogP contribution in [0.15, 0.2) is 28.7 Å². The maximum atomic E-state index is 9.93. The summed E-state index contributed by atoms with van der Waals surface area (Å²) in [6.07, 6.45) is 2.84. The lowest BCUT2D eigenvalue weighted by Gasteiger charge is -2.11. The fourth-order valence-electron chi connectivity index (χ4n) is 1.97. The van der Waals surface area contributed by atoms with Gasteiger partial charge in [-0.2, -0.15) is 0 Å². The molecule has 106 valence electrons. The average Bonchev–Trinajstić information content (AvgIpc) is 2.95. The second-order valence-corrected chi connectivity index (χ2v) is 5.93. The molecule has 1 aromatic heterocycles. The number of thiazole rings is 1. The third-order valence-electron chi connectivity index (χ3n) is 3.65. The number of phenolic OH excluding ortho intramolecular Hbond substituents is 1. The lowest BCUT2D eigenvalue weighted by molar-refractivity contribution is 0.475. The third-order valence-corrected chi connectivity index (χ3v) is 4.46. The third kappa shape index (κ3) is 3.07. The lowest BCUT2D eigenvalue weighted by atomic mass is 10.0. The maximum Gasteiger partial charge on any atom is 0.123 e. The first-order valence-corrected chi connectivity index (χ1v) is 7.69. The zero-order chi connectivity index (χ0) is 14.7. The second kappa shape index (κ2) is 6.18. The van der Waals surface area contributed by atoms with Gasteiger partial charge in [-0.05, 0) is 37.8 Å². The fraction of sp³-hybridized carbons (Fsp3) is 0.375. The summed E-state index contributed by atoms with van der Waals surface area (Å²) in [6.45, 7) is 8.39. The quantitative estimate of drug-likeness (QED) is 0.808. The van der Waals surface area contributed by atoms with Gasteiger partial charge in [0, 0.05) is 28.9 Å². The van der Waals surface area contributed by atoms with Gasteiger partial charge in [-0.3, -0.25) is 4.99 Å². The fourth-order valence-corrected chi connectivity index (χ4v) is 2.69. The second-order valence-electron chi connectivity index (χ2n) is 5.04. The van der Waals surface area contributed by atoms with Crippen molar-refractivity contribution in [3.05, 3.63) is 29.3 Å². The first kappa shape index (κ1) is 14.7. The first-order chi connectivity index (χ1) is 9.52. The number of aromatic nitrogens is 1. The van der Waals surface area contributed by atoms with E-state index in [4.69, 9.17) is 4.99 Å². The number of phenols is 1. The number of rotatable bonds is 4. The summed E-state index contributed by atoms with van der Waals surface area (Å²) in [6, 6.07) is 3.48. The van der Waals surface area contributed by atoms with E-state index in [0.29, 0.717) is 5.92 Å². The Hall–Kier alpha value is -1.68. The molecule has 0 aliphatic rings. The van der Waals surface area contributed by atoms with E-state index < -0.39 is 0 Å². The Labute approximate surface area is 124 Å². The summed E-state index contributed by atoms with van der Waals surface area (Å²) >= 11 is 1.57. The van der Waals surface area contributed by atoms with Crippen LogP contribution in [0, 0.1) is 12.8 Å². The number of hydrogen-bond donors (Lipinski definition) is 1. The van der Waals surface area contributed by atoms with Gasteiger partial charge < -0.3 is 5.11 Å². The molecule has 20 heavy (non-hydrogen) atoms. The van der Waals surface area contributed by atoms with Gasteiger partial charge in [-0.25, -0.2) is 4.98 Å². The van der Waals surface area contributed by atoms with E-state index in [2.05, 4.69) is 18.8 Å². The van der Waals surface area contributed by atoms with E-state index in [1.807, 2.05) is 19.2 Å². The highest BCUT2D eigenvalue weighted by molar-refractivity contribution is 7.13. The number of benzene rings is 1. The van der Waals surface area contributed by atoms with Crippen molar-refractivity contribution in [3.8, 4) is 16.3 Å².